The highest BCUT2D eigenvalue weighted by molar-refractivity contribution is 7.89. The fourth-order valence-electron chi connectivity index (χ4n) is 1.97. The van der Waals surface area contributed by atoms with Gasteiger partial charge < -0.3 is 14.8 Å². The first-order valence-corrected chi connectivity index (χ1v) is 7.94. The van der Waals surface area contributed by atoms with Crippen molar-refractivity contribution in [2.75, 3.05) is 19.0 Å². The van der Waals surface area contributed by atoms with Crippen molar-refractivity contribution in [1.82, 2.24) is 4.72 Å². The van der Waals surface area contributed by atoms with Crippen LogP contribution >= 0.6 is 0 Å². The quantitative estimate of drug-likeness (QED) is 0.835. The number of amides is 1. The molecule has 2 rings (SSSR count). The van der Waals surface area contributed by atoms with Gasteiger partial charge in [0.1, 0.15) is 5.75 Å². The lowest BCUT2D eigenvalue weighted by Gasteiger charge is -2.23. The van der Waals surface area contributed by atoms with Gasteiger partial charge in [0.25, 0.3) is 5.91 Å². The van der Waals surface area contributed by atoms with E-state index in [4.69, 9.17) is 9.47 Å². The lowest BCUT2D eigenvalue weighted by molar-refractivity contribution is -0.122. The number of methoxy groups -OCH3 is 1. The highest BCUT2D eigenvalue weighted by atomic mass is 32.2. The van der Waals surface area contributed by atoms with Gasteiger partial charge in [-0.3, -0.25) is 4.79 Å². The van der Waals surface area contributed by atoms with E-state index in [0.717, 1.165) is 0 Å². The first-order chi connectivity index (χ1) is 9.83. The zero-order valence-electron chi connectivity index (χ0n) is 12.0. The van der Waals surface area contributed by atoms with E-state index in [9.17, 15) is 13.2 Å². The summed E-state index contributed by atoms with van der Waals surface area (Å²) in [6.07, 6.45) is -0.597. The number of ether oxygens (including phenoxy) is 2. The van der Waals surface area contributed by atoms with Gasteiger partial charge in [0.05, 0.1) is 17.2 Å². The van der Waals surface area contributed by atoms with Crippen LogP contribution in [0.25, 0.3) is 0 Å². The molecule has 0 aliphatic carbocycles. The molecule has 2 unspecified atom stereocenters. The van der Waals surface area contributed by atoms with Crippen LogP contribution in [0.15, 0.2) is 23.1 Å². The molecule has 21 heavy (non-hydrogen) atoms. The van der Waals surface area contributed by atoms with Crippen molar-refractivity contribution in [3.63, 3.8) is 0 Å². The van der Waals surface area contributed by atoms with Crippen LogP contribution in [-0.2, 0) is 19.6 Å². The Morgan fingerprint density at radius 1 is 1.48 bits per heavy atom. The molecule has 1 aliphatic heterocycles. The van der Waals surface area contributed by atoms with Crippen molar-refractivity contribution in [2.24, 2.45) is 0 Å². The molecule has 1 aliphatic rings. The van der Waals surface area contributed by atoms with Gasteiger partial charge in [-0.25, -0.2) is 13.1 Å². The summed E-state index contributed by atoms with van der Waals surface area (Å²) in [7, 11) is -2.19. The van der Waals surface area contributed by atoms with Gasteiger partial charge in [-0.05, 0) is 32.0 Å². The Balaban J connectivity index is 2.26. The average Bonchev–Trinajstić information content (AvgIpc) is 2.39. The summed E-state index contributed by atoms with van der Waals surface area (Å²) in [6.45, 7) is 3.59. The SMILES string of the molecule is COCC(C)NS(=O)(=O)c1ccc2c(c1)NC(=O)C(C)O2. The highest BCUT2D eigenvalue weighted by Crippen LogP contribution is 2.31. The van der Waals surface area contributed by atoms with Crippen LogP contribution in [0.2, 0.25) is 0 Å². The minimum atomic E-state index is -3.68. The fraction of sp³-hybridized carbons (Fsp3) is 0.462. The maximum absolute atomic E-state index is 12.2. The number of carbonyl (C=O) groups is 1. The van der Waals surface area contributed by atoms with Gasteiger partial charge in [-0.15, -0.1) is 0 Å². The molecule has 0 saturated carbocycles. The van der Waals surface area contributed by atoms with Crippen LogP contribution < -0.4 is 14.8 Å². The number of fused-ring (bicyclic) bond motifs is 1. The Morgan fingerprint density at radius 3 is 2.86 bits per heavy atom. The summed E-state index contributed by atoms with van der Waals surface area (Å²) in [5, 5.41) is 2.62. The smallest absolute Gasteiger partial charge is 0.265 e. The molecule has 0 bridgehead atoms. The van der Waals surface area contributed by atoms with E-state index in [1.807, 2.05) is 0 Å². The van der Waals surface area contributed by atoms with E-state index in [2.05, 4.69) is 10.0 Å². The van der Waals surface area contributed by atoms with Crippen LogP contribution in [-0.4, -0.2) is 40.2 Å². The average molecular weight is 314 g/mol. The topological polar surface area (TPSA) is 93.7 Å². The second-order valence-corrected chi connectivity index (χ2v) is 6.60. The van der Waals surface area contributed by atoms with Gasteiger partial charge in [0.15, 0.2) is 6.10 Å². The summed E-state index contributed by atoms with van der Waals surface area (Å²) in [5.41, 5.74) is 0.348. The number of sulfonamides is 1. The van der Waals surface area contributed by atoms with Gasteiger partial charge >= 0.3 is 0 Å². The number of rotatable bonds is 5. The Morgan fingerprint density at radius 2 is 2.19 bits per heavy atom. The Labute approximate surface area is 123 Å². The third-order valence-corrected chi connectivity index (χ3v) is 4.55. The Kier molecular flexibility index (Phi) is 4.50. The summed E-state index contributed by atoms with van der Waals surface area (Å²) in [6, 6.07) is 3.98. The zero-order chi connectivity index (χ0) is 15.6. The molecule has 116 valence electrons. The van der Waals surface area contributed by atoms with Crippen molar-refractivity contribution in [3.8, 4) is 5.75 Å². The van der Waals surface area contributed by atoms with Crippen molar-refractivity contribution in [1.29, 1.82) is 0 Å². The molecule has 0 spiro atoms. The minimum absolute atomic E-state index is 0.0580. The molecule has 1 amide bonds. The van der Waals surface area contributed by atoms with Crippen LogP contribution in [0, 0.1) is 0 Å². The molecule has 1 aromatic carbocycles. The molecule has 8 heteroatoms. The molecule has 0 fully saturated rings. The van der Waals surface area contributed by atoms with E-state index in [1.54, 1.807) is 13.8 Å². The molecular formula is C13H18N2O5S. The monoisotopic (exact) mass is 314 g/mol. The molecule has 1 heterocycles. The molecule has 0 radical (unpaired) electrons. The van der Waals surface area contributed by atoms with E-state index in [1.165, 1.54) is 25.3 Å². The predicted molar refractivity (Wildman–Crippen MR) is 76.8 cm³/mol. The summed E-state index contributed by atoms with van der Waals surface area (Å²) in [4.78, 5) is 11.6. The Bertz CT molecular complexity index is 644. The fourth-order valence-corrected chi connectivity index (χ4v) is 3.23. The number of hydrogen-bond acceptors (Lipinski definition) is 5. The van der Waals surface area contributed by atoms with Gasteiger partial charge in [0, 0.05) is 13.2 Å². The van der Waals surface area contributed by atoms with E-state index in [0.29, 0.717) is 11.4 Å². The van der Waals surface area contributed by atoms with Crippen molar-refractivity contribution in [3.05, 3.63) is 18.2 Å². The van der Waals surface area contributed by atoms with Crippen LogP contribution in [0.4, 0.5) is 5.69 Å². The summed E-state index contributed by atoms with van der Waals surface area (Å²) in [5.74, 6) is 0.142. The second-order valence-electron chi connectivity index (χ2n) is 4.88. The van der Waals surface area contributed by atoms with E-state index < -0.39 is 16.1 Å². The molecule has 2 atom stereocenters. The highest BCUT2D eigenvalue weighted by Gasteiger charge is 2.26. The lowest BCUT2D eigenvalue weighted by atomic mass is 10.2. The first kappa shape index (κ1) is 15.7. The van der Waals surface area contributed by atoms with Gasteiger partial charge in [0.2, 0.25) is 10.0 Å². The van der Waals surface area contributed by atoms with Crippen LogP contribution in [0.1, 0.15) is 13.8 Å². The van der Waals surface area contributed by atoms with Gasteiger partial charge in [-0.1, -0.05) is 0 Å². The molecular weight excluding hydrogens is 296 g/mol. The summed E-state index contributed by atoms with van der Waals surface area (Å²) >= 11 is 0. The maximum Gasteiger partial charge on any atom is 0.265 e. The molecule has 0 saturated heterocycles. The number of anilines is 1. The number of benzene rings is 1. The minimum Gasteiger partial charge on any atom is -0.479 e. The first-order valence-electron chi connectivity index (χ1n) is 6.46. The predicted octanol–water partition coefficient (Wildman–Crippen LogP) is 0.719. The second kappa shape index (κ2) is 6.00. The normalized spacial score (nSPS) is 19.4. The third kappa shape index (κ3) is 3.52. The largest absolute Gasteiger partial charge is 0.479 e. The molecule has 0 aromatic heterocycles. The molecule has 2 N–H and O–H groups in total. The summed E-state index contributed by atoms with van der Waals surface area (Å²) < 4.78 is 37.2. The van der Waals surface area contributed by atoms with E-state index >= 15 is 0 Å². The zero-order valence-corrected chi connectivity index (χ0v) is 12.9. The van der Waals surface area contributed by atoms with E-state index in [-0.39, 0.29) is 23.5 Å². The number of carbonyl (C=O) groups excluding carboxylic acids is 1. The van der Waals surface area contributed by atoms with Gasteiger partial charge in [-0.2, -0.15) is 0 Å². The third-order valence-electron chi connectivity index (χ3n) is 2.97. The maximum atomic E-state index is 12.2. The Hall–Kier alpha value is -1.64. The van der Waals surface area contributed by atoms with Crippen LogP contribution in [0.3, 0.4) is 0 Å². The molecule has 7 nitrogen and oxygen atoms in total. The molecule has 1 aromatic rings. The standard InChI is InChI=1S/C13H18N2O5S/c1-8(7-19-3)15-21(17,18)10-4-5-12-11(6-10)14-13(16)9(2)20-12/h4-6,8-9,15H,7H2,1-3H3,(H,14,16). The van der Waals surface area contributed by atoms with Crippen LogP contribution in [0.5, 0.6) is 5.75 Å². The van der Waals surface area contributed by atoms with Crippen molar-refractivity contribution >= 4 is 21.6 Å². The number of nitrogens with one attached hydrogen (secondary N) is 2. The lowest BCUT2D eigenvalue weighted by Crippen LogP contribution is -2.36. The van der Waals surface area contributed by atoms with Crippen molar-refractivity contribution < 1.29 is 22.7 Å². The van der Waals surface area contributed by atoms with Crippen molar-refractivity contribution in [2.45, 2.75) is 30.9 Å². The number of hydrogen-bond donors (Lipinski definition) is 2.